The van der Waals surface area contributed by atoms with Crippen LogP contribution in [0.2, 0.25) is 0 Å². The summed E-state index contributed by atoms with van der Waals surface area (Å²) in [6, 6.07) is 0. The van der Waals surface area contributed by atoms with Crippen molar-refractivity contribution in [2.45, 2.75) is 226 Å². The summed E-state index contributed by atoms with van der Waals surface area (Å²) >= 11 is 0. The van der Waals surface area contributed by atoms with Gasteiger partial charge in [-0.25, -0.2) is 9.13 Å². The summed E-state index contributed by atoms with van der Waals surface area (Å²) in [5, 5.41) is 10.6. The maximum Gasteiger partial charge on any atom is 0.472 e. The van der Waals surface area contributed by atoms with Gasteiger partial charge in [0.15, 0.2) is 12.2 Å². The average Bonchev–Trinajstić information content (AvgIpc) is 0.926. The standard InChI is InChI=1S/C83H124O17P2/c1-5-9-13-17-21-25-29-33-37-38-42-44-48-52-56-60-64-68-81(86)94-74-79(100-83(88)70-66-62-58-54-50-46-41-36-32-28-24-20-16-12-8-4)76-98-102(91,92)96-72-77(84)71-95-101(89,90)97-75-78(99-82(87)69-65-61-57-53-49-45-40-35-31-27-23-19-15-11-7-3)73-93-80(85)67-63-59-55-51-47-43-39-34-30-26-22-18-14-10-6-2/h9-16,21-28,33-37,39-42,44,47,49-51,53-54,59,61-63,65-66,77-79,84H,5-8,17-20,29-32,38,43,45-46,48,52,55-58,60,64,67-76H2,1-4H3,(H,89,90)(H,91,92)/b13-9-,14-10-,15-11-,16-12-,25-21-,26-22-,27-23-,28-24-,37-33-,39-34-,40-35-,41-36-,44-42-,51-47-,53-49-,54-50-,63-59-,65-61-,66-62-. The van der Waals surface area contributed by atoms with Crippen LogP contribution >= 0.6 is 15.6 Å². The van der Waals surface area contributed by atoms with Crippen molar-refractivity contribution in [1.82, 2.24) is 0 Å². The molecule has 0 saturated heterocycles. The molecule has 0 radical (unpaired) electrons. The Bertz CT molecular complexity index is 2850. The molecule has 0 aromatic heterocycles. The third kappa shape index (κ3) is 71.5. The number of carbonyl (C=O) groups is 4. The van der Waals surface area contributed by atoms with Gasteiger partial charge in [-0.3, -0.25) is 37.3 Å². The zero-order valence-electron chi connectivity index (χ0n) is 61.7. The highest BCUT2D eigenvalue weighted by Crippen LogP contribution is 2.45. The molecule has 568 valence electrons. The number of aliphatic hydroxyl groups is 1. The van der Waals surface area contributed by atoms with Crippen LogP contribution in [0.5, 0.6) is 0 Å². The second kappa shape index (κ2) is 72.5. The first kappa shape index (κ1) is 95.1. The zero-order valence-corrected chi connectivity index (χ0v) is 63.5. The van der Waals surface area contributed by atoms with Crippen LogP contribution < -0.4 is 0 Å². The SMILES string of the molecule is CC/C=C\C/C=C\C/C=C\C/C=C\C/C=C\CC(=O)OCC(COP(=O)(O)OCC(O)COP(=O)(O)OCC(COC(=O)CCCCCC/C=C\C/C=C\C/C=C\C/C=C\CC)OC(=O)C/C=C\C/C=C\C/C=C\C/C=C\C/C=C\CC)OC(=O)C/C=C\C/C=C\C/C=C\C/C=C\C/C=C\CC. The number of unbranched alkanes of at least 4 members (excludes halogenated alkanes) is 4. The molecule has 0 bridgehead atoms. The maximum atomic E-state index is 13.1. The molecule has 0 spiro atoms. The molecule has 19 heteroatoms. The molecule has 5 unspecified atom stereocenters. The van der Waals surface area contributed by atoms with Gasteiger partial charge in [0.2, 0.25) is 0 Å². The fourth-order valence-electron chi connectivity index (χ4n) is 8.31. The second-order valence-corrected chi connectivity index (χ2v) is 26.0. The summed E-state index contributed by atoms with van der Waals surface area (Å²) < 4.78 is 67.9. The van der Waals surface area contributed by atoms with Gasteiger partial charge in [0, 0.05) is 6.42 Å². The lowest BCUT2D eigenvalue weighted by Gasteiger charge is -2.21. The zero-order chi connectivity index (χ0) is 74.6. The normalized spacial score (nSPS) is 15.2. The first-order chi connectivity index (χ1) is 49.7. The van der Waals surface area contributed by atoms with Gasteiger partial charge in [0.05, 0.1) is 45.7 Å². The van der Waals surface area contributed by atoms with Crippen LogP contribution in [0.15, 0.2) is 231 Å². The Hall–Kier alpha value is -6.88. The van der Waals surface area contributed by atoms with E-state index in [1.54, 1.807) is 36.5 Å². The second-order valence-electron chi connectivity index (χ2n) is 23.1. The Kier molecular flexibility index (Phi) is 67.6. The number of phosphoric ester groups is 2. The summed E-state index contributed by atoms with van der Waals surface area (Å²) in [6.45, 7) is 3.96. The summed E-state index contributed by atoms with van der Waals surface area (Å²) in [5.74, 6) is -2.69. The molecule has 5 atom stereocenters. The van der Waals surface area contributed by atoms with Crippen LogP contribution in [0.1, 0.15) is 207 Å². The van der Waals surface area contributed by atoms with Gasteiger partial charge in [-0.15, -0.1) is 0 Å². The third-order valence-electron chi connectivity index (χ3n) is 13.7. The molecule has 0 rings (SSSR count). The van der Waals surface area contributed by atoms with Crippen molar-refractivity contribution in [3.8, 4) is 0 Å². The van der Waals surface area contributed by atoms with Crippen molar-refractivity contribution in [3.63, 3.8) is 0 Å². The Morgan fingerprint density at radius 1 is 0.284 bits per heavy atom. The summed E-state index contributed by atoms with van der Waals surface area (Å²) in [7, 11) is -10.1. The van der Waals surface area contributed by atoms with Gasteiger partial charge >= 0.3 is 39.5 Å². The van der Waals surface area contributed by atoms with Gasteiger partial charge in [-0.05, 0) is 141 Å². The van der Waals surface area contributed by atoms with Crippen molar-refractivity contribution < 1.29 is 80.2 Å². The third-order valence-corrected chi connectivity index (χ3v) is 15.6. The first-order valence-electron chi connectivity index (χ1n) is 36.6. The quantitative estimate of drug-likeness (QED) is 0.0169. The minimum Gasteiger partial charge on any atom is -0.462 e. The lowest BCUT2D eigenvalue weighted by molar-refractivity contribution is -0.160. The Morgan fingerprint density at radius 3 is 0.814 bits per heavy atom. The molecule has 0 aromatic carbocycles. The Labute approximate surface area is 613 Å². The lowest BCUT2D eigenvalue weighted by Crippen LogP contribution is -2.30. The summed E-state index contributed by atoms with van der Waals surface area (Å²) in [4.78, 5) is 72.6. The van der Waals surface area contributed by atoms with Crippen molar-refractivity contribution >= 4 is 39.5 Å². The first-order valence-corrected chi connectivity index (χ1v) is 39.6. The molecule has 0 fully saturated rings. The van der Waals surface area contributed by atoms with Crippen LogP contribution in [0.3, 0.4) is 0 Å². The number of ether oxygens (including phenoxy) is 4. The number of esters is 4. The Balaban J connectivity index is 5.62. The Morgan fingerprint density at radius 2 is 0.520 bits per heavy atom. The molecular weight excluding hydrogens is 1330 g/mol. The van der Waals surface area contributed by atoms with E-state index in [0.717, 1.165) is 128 Å². The molecule has 0 amide bonds. The van der Waals surface area contributed by atoms with E-state index in [1.165, 1.54) is 0 Å². The molecule has 0 aliphatic carbocycles. The van der Waals surface area contributed by atoms with E-state index in [9.17, 15) is 43.2 Å². The van der Waals surface area contributed by atoms with Gasteiger partial charge in [-0.2, -0.15) is 0 Å². The molecule has 0 aliphatic heterocycles. The average molecular weight is 1460 g/mol. The number of phosphoric acid groups is 2. The van der Waals surface area contributed by atoms with Crippen LogP contribution in [0, 0.1) is 0 Å². The minimum absolute atomic E-state index is 0.0990. The van der Waals surface area contributed by atoms with Crippen molar-refractivity contribution in [2.24, 2.45) is 0 Å². The molecule has 3 N–H and O–H groups in total. The number of rotatable bonds is 65. The van der Waals surface area contributed by atoms with Crippen molar-refractivity contribution in [1.29, 1.82) is 0 Å². The predicted octanol–water partition coefficient (Wildman–Crippen LogP) is 21.1. The van der Waals surface area contributed by atoms with Crippen LogP contribution in [0.25, 0.3) is 0 Å². The van der Waals surface area contributed by atoms with E-state index in [2.05, 4.69) is 186 Å². The van der Waals surface area contributed by atoms with Crippen molar-refractivity contribution in [3.05, 3.63) is 231 Å². The van der Waals surface area contributed by atoms with Gasteiger partial charge in [-0.1, -0.05) is 271 Å². The fourth-order valence-corrected chi connectivity index (χ4v) is 9.89. The van der Waals surface area contributed by atoms with E-state index in [0.29, 0.717) is 25.7 Å². The number of hydrogen-bond acceptors (Lipinski definition) is 15. The van der Waals surface area contributed by atoms with E-state index >= 15 is 0 Å². The van der Waals surface area contributed by atoms with Crippen LogP contribution in [-0.4, -0.2) is 96.7 Å². The number of carbonyl (C=O) groups excluding carboxylic acids is 4. The van der Waals surface area contributed by atoms with Gasteiger partial charge in [0.1, 0.15) is 19.3 Å². The minimum atomic E-state index is -5.04. The van der Waals surface area contributed by atoms with E-state index in [1.807, 2.05) is 36.5 Å². The molecule has 0 saturated carbocycles. The summed E-state index contributed by atoms with van der Waals surface area (Å²) in [6.07, 6.45) is 92.9. The molecule has 0 aliphatic rings. The highest BCUT2D eigenvalue weighted by atomic mass is 31.2. The van der Waals surface area contributed by atoms with Crippen molar-refractivity contribution in [2.75, 3.05) is 39.6 Å². The fraction of sp³-hybridized carbons (Fsp3) is 0.494. The lowest BCUT2D eigenvalue weighted by atomic mass is 10.1. The van der Waals surface area contributed by atoms with Crippen LogP contribution in [-0.2, 0) is 65.4 Å². The molecule has 102 heavy (non-hydrogen) atoms. The number of allylic oxidation sites excluding steroid dienone is 35. The van der Waals surface area contributed by atoms with E-state index < -0.39 is 97.5 Å². The van der Waals surface area contributed by atoms with E-state index in [4.69, 9.17) is 37.0 Å². The molecular formula is C83H124O17P2. The largest absolute Gasteiger partial charge is 0.472 e. The monoisotopic (exact) mass is 1450 g/mol. The highest BCUT2D eigenvalue weighted by Gasteiger charge is 2.30. The topological polar surface area (TPSA) is 237 Å². The van der Waals surface area contributed by atoms with E-state index in [-0.39, 0.29) is 25.7 Å². The highest BCUT2D eigenvalue weighted by molar-refractivity contribution is 7.47. The predicted molar refractivity (Wildman–Crippen MR) is 417 cm³/mol. The van der Waals surface area contributed by atoms with Gasteiger partial charge in [0.25, 0.3) is 0 Å². The number of aliphatic hydroxyl groups excluding tert-OH is 1. The molecule has 17 nitrogen and oxygen atoms in total. The van der Waals surface area contributed by atoms with Crippen LogP contribution in [0.4, 0.5) is 0 Å². The van der Waals surface area contributed by atoms with Gasteiger partial charge < -0.3 is 33.8 Å². The molecule has 0 aromatic rings. The smallest absolute Gasteiger partial charge is 0.462 e. The number of hydrogen-bond donors (Lipinski definition) is 3. The maximum absolute atomic E-state index is 13.1. The molecule has 0 heterocycles. The summed E-state index contributed by atoms with van der Waals surface area (Å²) in [5.41, 5.74) is 0.